The molecule has 19 heavy (non-hydrogen) atoms. The zero-order chi connectivity index (χ0) is 14.6. The zero-order valence-corrected chi connectivity index (χ0v) is 11.8. The first-order chi connectivity index (χ1) is 8.96. The van der Waals surface area contributed by atoms with Gasteiger partial charge in [0.05, 0.1) is 6.10 Å². The highest BCUT2D eigenvalue weighted by molar-refractivity contribution is 5.87. The summed E-state index contributed by atoms with van der Waals surface area (Å²) in [6.07, 6.45) is -3.02. The molecular weight excluding hydrogens is 252 g/mol. The van der Waals surface area contributed by atoms with Crippen LogP contribution in [0.3, 0.4) is 0 Å². The lowest BCUT2D eigenvalue weighted by Gasteiger charge is -2.42. The largest absolute Gasteiger partial charge is 0.451 e. The second-order valence-corrected chi connectivity index (χ2v) is 4.53. The first-order valence-electron chi connectivity index (χ1n) is 6.21. The standard InChI is InChI=1S/C13H22O6/c1-6-8-10(16-4)9(14)11(13(17-5)18-8)19-12(15)7(2)3/h8-11,13-14H,2,6H2,1,3-5H3. The van der Waals surface area contributed by atoms with E-state index in [9.17, 15) is 9.90 Å². The van der Waals surface area contributed by atoms with Crippen LogP contribution >= 0.6 is 0 Å². The number of ether oxygens (including phenoxy) is 4. The molecule has 0 bridgehead atoms. The third-order valence-electron chi connectivity index (χ3n) is 3.12. The van der Waals surface area contributed by atoms with Gasteiger partial charge in [-0.25, -0.2) is 4.79 Å². The van der Waals surface area contributed by atoms with E-state index in [0.29, 0.717) is 6.42 Å². The summed E-state index contributed by atoms with van der Waals surface area (Å²) in [5.41, 5.74) is 0.244. The molecule has 1 aliphatic heterocycles. The van der Waals surface area contributed by atoms with E-state index >= 15 is 0 Å². The first kappa shape index (κ1) is 16.1. The molecular formula is C13H22O6. The normalized spacial score (nSPS) is 34.9. The number of hydrogen-bond acceptors (Lipinski definition) is 6. The summed E-state index contributed by atoms with van der Waals surface area (Å²) in [6.45, 7) is 6.94. The van der Waals surface area contributed by atoms with E-state index in [2.05, 4.69) is 6.58 Å². The van der Waals surface area contributed by atoms with Crippen LogP contribution in [0.5, 0.6) is 0 Å². The predicted molar refractivity (Wildman–Crippen MR) is 67.5 cm³/mol. The smallest absolute Gasteiger partial charge is 0.333 e. The fourth-order valence-corrected chi connectivity index (χ4v) is 2.05. The Kier molecular flexibility index (Phi) is 5.93. The van der Waals surface area contributed by atoms with E-state index in [1.54, 1.807) is 0 Å². The Morgan fingerprint density at radius 2 is 1.95 bits per heavy atom. The Balaban J connectivity index is 2.87. The summed E-state index contributed by atoms with van der Waals surface area (Å²) < 4.78 is 21.2. The average Bonchev–Trinajstić information content (AvgIpc) is 2.39. The Bertz CT molecular complexity index is 329. The maximum atomic E-state index is 11.6. The van der Waals surface area contributed by atoms with Crippen molar-refractivity contribution in [2.24, 2.45) is 0 Å². The van der Waals surface area contributed by atoms with Gasteiger partial charge in [0.2, 0.25) is 0 Å². The number of carbonyl (C=O) groups is 1. The van der Waals surface area contributed by atoms with Crippen LogP contribution in [-0.2, 0) is 23.7 Å². The topological polar surface area (TPSA) is 74.2 Å². The monoisotopic (exact) mass is 274 g/mol. The van der Waals surface area contributed by atoms with Gasteiger partial charge in [-0.05, 0) is 13.3 Å². The lowest BCUT2D eigenvalue weighted by atomic mass is 9.97. The molecule has 1 N–H and O–H groups in total. The maximum Gasteiger partial charge on any atom is 0.333 e. The van der Waals surface area contributed by atoms with Crippen LogP contribution in [0.15, 0.2) is 12.2 Å². The summed E-state index contributed by atoms with van der Waals surface area (Å²) in [6, 6.07) is 0. The molecule has 1 fully saturated rings. The van der Waals surface area contributed by atoms with Gasteiger partial charge in [-0.2, -0.15) is 0 Å². The minimum Gasteiger partial charge on any atom is -0.451 e. The van der Waals surface area contributed by atoms with Crippen molar-refractivity contribution in [2.45, 2.75) is 51.0 Å². The molecule has 5 unspecified atom stereocenters. The number of hydrogen-bond donors (Lipinski definition) is 1. The summed E-state index contributed by atoms with van der Waals surface area (Å²) in [5.74, 6) is -0.598. The van der Waals surface area contributed by atoms with Crippen molar-refractivity contribution < 1.29 is 28.8 Å². The van der Waals surface area contributed by atoms with Gasteiger partial charge in [0.15, 0.2) is 12.4 Å². The molecule has 0 spiro atoms. The van der Waals surface area contributed by atoms with Crippen LogP contribution in [0.4, 0.5) is 0 Å². The van der Waals surface area contributed by atoms with Gasteiger partial charge in [0.1, 0.15) is 12.2 Å². The van der Waals surface area contributed by atoms with Gasteiger partial charge in [0.25, 0.3) is 0 Å². The Morgan fingerprint density at radius 3 is 2.37 bits per heavy atom. The van der Waals surface area contributed by atoms with Gasteiger partial charge < -0.3 is 24.1 Å². The summed E-state index contributed by atoms with van der Waals surface area (Å²) in [4.78, 5) is 11.6. The van der Waals surface area contributed by atoms with Crippen molar-refractivity contribution in [1.82, 2.24) is 0 Å². The molecule has 0 aromatic heterocycles. The quantitative estimate of drug-likeness (QED) is 0.585. The maximum absolute atomic E-state index is 11.6. The van der Waals surface area contributed by atoms with Crippen molar-refractivity contribution in [2.75, 3.05) is 14.2 Å². The van der Waals surface area contributed by atoms with Gasteiger partial charge in [-0.1, -0.05) is 13.5 Å². The molecule has 6 heteroatoms. The van der Waals surface area contributed by atoms with Crippen molar-refractivity contribution in [3.8, 4) is 0 Å². The lowest BCUT2D eigenvalue weighted by molar-refractivity contribution is -0.296. The third kappa shape index (κ3) is 3.54. The molecule has 0 saturated carbocycles. The highest BCUT2D eigenvalue weighted by Gasteiger charge is 2.47. The summed E-state index contributed by atoms with van der Waals surface area (Å²) in [5, 5.41) is 10.3. The highest BCUT2D eigenvalue weighted by Crippen LogP contribution is 2.27. The van der Waals surface area contributed by atoms with E-state index in [1.807, 2.05) is 6.92 Å². The van der Waals surface area contributed by atoms with Crippen LogP contribution < -0.4 is 0 Å². The van der Waals surface area contributed by atoms with E-state index in [1.165, 1.54) is 21.1 Å². The van der Waals surface area contributed by atoms with Gasteiger partial charge >= 0.3 is 5.97 Å². The number of aliphatic hydroxyl groups is 1. The number of esters is 1. The van der Waals surface area contributed by atoms with Crippen LogP contribution in [0.2, 0.25) is 0 Å². The van der Waals surface area contributed by atoms with Crippen LogP contribution in [0, 0.1) is 0 Å². The Morgan fingerprint density at radius 1 is 1.32 bits per heavy atom. The summed E-state index contributed by atoms with van der Waals surface area (Å²) in [7, 11) is 2.91. The lowest BCUT2D eigenvalue weighted by Crippen LogP contribution is -2.59. The number of aliphatic hydroxyl groups excluding tert-OH is 1. The van der Waals surface area contributed by atoms with Crippen molar-refractivity contribution >= 4 is 5.97 Å². The Hall–Kier alpha value is -0.950. The SMILES string of the molecule is C=C(C)C(=O)OC1C(OC)OC(CC)C(OC)C1O. The van der Waals surface area contributed by atoms with Crippen LogP contribution in [-0.4, -0.2) is 56.0 Å². The highest BCUT2D eigenvalue weighted by atomic mass is 16.7. The fourth-order valence-electron chi connectivity index (χ4n) is 2.05. The molecule has 0 amide bonds. The molecule has 1 aliphatic rings. The van der Waals surface area contributed by atoms with Gasteiger partial charge in [0, 0.05) is 19.8 Å². The average molecular weight is 274 g/mol. The second kappa shape index (κ2) is 7.00. The molecule has 1 saturated heterocycles. The molecule has 6 nitrogen and oxygen atoms in total. The summed E-state index contributed by atoms with van der Waals surface area (Å²) >= 11 is 0. The second-order valence-electron chi connectivity index (χ2n) is 4.53. The van der Waals surface area contributed by atoms with Crippen LogP contribution in [0.1, 0.15) is 20.3 Å². The number of carbonyl (C=O) groups excluding carboxylic acids is 1. The van der Waals surface area contributed by atoms with Crippen molar-refractivity contribution in [3.63, 3.8) is 0 Å². The zero-order valence-electron chi connectivity index (χ0n) is 11.8. The van der Waals surface area contributed by atoms with Crippen molar-refractivity contribution in [3.05, 3.63) is 12.2 Å². The van der Waals surface area contributed by atoms with E-state index in [0.717, 1.165) is 0 Å². The molecule has 110 valence electrons. The molecule has 0 radical (unpaired) electrons. The van der Waals surface area contributed by atoms with Crippen LogP contribution in [0.25, 0.3) is 0 Å². The first-order valence-corrected chi connectivity index (χ1v) is 6.21. The van der Waals surface area contributed by atoms with E-state index in [4.69, 9.17) is 18.9 Å². The number of methoxy groups -OCH3 is 2. The number of rotatable bonds is 5. The molecule has 5 atom stereocenters. The van der Waals surface area contributed by atoms with E-state index < -0.39 is 30.6 Å². The minimum atomic E-state index is -1.02. The fraction of sp³-hybridized carbons (Fsp3) is 0.769. The third-order valence-corrected chi connectivity index (χ3v) is 3.12. The Labute approximate surface area is 113 Å². The van der Waals surface area contributed by atoms with Gasteiger partial charge in [-0.15, -0.1) is 0 Å². The molecule has 0 aromatic carbocycles. The minimum absolute atomic E-state index is 0.244. The van der Waals surface area contributed by atoms with Gasteiger partial charge in [-0.3, -0.25) is 0 Å². The molecule has 1 rings (SSSR count). The predicted octanol–water partition coefficient (Wildman–Crippen LogP) is 0.631. The van der Waals surface area contributed by atoms with E-state index in [-0.39, 0.29) is 11.7 Å². The molecule has 1 heterocycles. The van der Waals surface area contributed by atoms with Crippen molar-refractivity contribution in [1.29, 1.82) is 0 Å². The molecule has 0 aliphatic carbocycles. The molecule has 0 aromatic rings.